The lowest BCUT2D eigenvalue weighted by molar-refractivity contribution is 0.138. The smallest absolute Gasteiger partial charge is 0.0739 e. The van der Waals surface area contributed by atoms with Crippen LogP contribution in [0.1, 0.15) is 19.3 Å². The Bertz CT molecular complexity index is 370. The predicted molar refractivity (Wildman–Crippen MR) is 67.7 cm³/mol. The van der Waals surface area contributed by atoms with Crippen molar-refractivity contribution in [3.63, 3.8) is 0 Å². The first kappa shape index (κ1) is 11.6. The molecular weight excluding hydrogens is 224 g/mol. The van der Waals surface area contributed by atoms with Crippen molar-refractivity contribution in [2.24, 2.45) is 5.92 Å². The maximum Gasteiger partial charge on any atom is 0.0739 e. The largest absolute Gasteiger partial charge is 0.396 e. The first-order chi connectivity index (χ1) is 7.68. The molecule has 4 heteroatoms. The summed E-state index contributed by atoms with van der Waals surface area (Å²) in [5.41, 5.74) is 7.28. The van der Waals surface area contributed by atoms with Crippen LogP contribution < -0.4 is 11.1 Å². The zero-order chi connectivity index (χ0) is 11.5. The Hall–Kier alpha value is -0.930. The molecule has 2 atom stereocenters. The normalized spacial score (nSPS) is 24.6. The number of halogens is 1. The SMILES string of the molecule is Nc1c(Cl)cccc1NCC1CCCC1O. The van der Waals surface area contributed by atoms with E-state index in [1.807, 2.05) is 12.1 Å². The minimum Gasteiger partial charge on any atom is -0.396 e. The second-order valence-electron chi connectivity index (χ2n) is 4.34. The van der Waals surface area contributed by atoms with Crippen molar-refractivity contribution in [1.82, 2.24) is 0 Å². The summed E-state index contributed by atoms with van der Waals surface area (Å²) in [6.07, 6.45) is 2.93. The molecular formula is C12H17ClN2O. The number of para-hydroxylation sites is 1. The van der Waals surface area contributed by atoms with Crippen LogP contribution >= 0.6 is 11.6 Å². The lowest BCUT2D eigenvalue weighted by Gasteiger charge is -2.17. The van der Waals surface area contributed by atoms with Gasteiger partial charge in [0.15, 0.2) is 0 Å². The average Bonchev–Trinajstić information content (AvgIpc) is 2.67. The molecule has 1 fully saturated rings. The van der Waals surface area contributed by atoms with Gasteiger partial charge in [0.2, 0.25) is 0 Å². The molecule has 88 valence electrons. The van der Waals surface area contributed by atoms with Gasteiger partial charge in [-0.1, -0.05) is 24.1 Å². The number of aliphatic hydroxyl groups excluding tert-OH is 1. The molecule has 1 saturated carbocycles. The van der Waals surface area contributed by atoms with E-state index in [0.29, 0.717) is 16.6 Å². The van der Waals surface area contributed by atoms with Crippen LogP contribution in [-0.4, -0.2) is 17.8 Å². The third-order valence-electron chi connectivity index (χ3n) is 3.23. The maximum absolute atomic E-state index is 9.69. The maximum atomic E-state index is 9.69. The van der Waals surface area contributed by atoms with Gasteiger partial charge in [-0.15, -0.1) is 0 Å². The molecule has 3 nitrogen and oxygen atoms in total. The molecule has 1 aliphatic carbocycles. The highest BCUT2D eigenvalue weighted by molar-refractivity contribution is 6.33. The average molecular weight is 241 g/mol. The molecule has 0 spiro atoms. The van der Waals surface area contributed by atoms with E-state index in [1.165, 1.54) is 0 Å². The quantitative estimate of drug-likeness (QED) is 0.712. The number of anilines is 2. The Balaban J connectivity index is 1.96. The zero-order valence-electron chi connectivity index (χ0n) is 9.12. The van der Waals surface area contributed by atoms with Crippen molar-refractivity contribution < 1.29 is 5.11 Å². The Kier molecular flexibility index (Phi) is 3.56. The summed E-state index contributed by atoms with van der Waals surface area (Å²) in [6, 6.07) is 5.54. The van der Waals surface area contributed by atoms with E-state index in [-0.39, 0.29) is 6.10 Å². The van der Waals surface area contributed by atoms with Crippen LogP contribution in [0.4, 0.5) is 11.4 Å². The second kappa shape index (κ2) is 4.93. The van der Waals surface area contributed by atoms with Crippen molar-refractivity contribution >= 4 is 23.0 Å². The number of nitrogens with two attached hydrogens (primary N) is 1. The van der Waals surface area contributed by atoms with Crippen LogP contribution in [0.2, 0.25) is 5.02 Å². The van der Waals surface area contributed by atoms with Crippen LogP contribution in [0.15, 0.2) is 18.2 Å². The van der Waals surface area contributed by atoms with Crippen LogP contribution in [0.3, 0.4) is 0 Å². The van der Waals surface area contributed by atoms with E-state index >= 15 is 0 Å². The third-order valence-corrected chi connectivity index (χ3v) is 3.56. The highest BCUT2D eigenvalue weighted by Crippen LogP contribution is 2.29. The van der Waals surface area contributed by atoms with Crippen LogP contribution in [-0.2, 0) is 0 Å². The first-order valence-electron chi connectivity index (χ1n) is 5.64. The minimum absolute atomic E-state index is 0.173. The summed E-state index contributed by atoms with van der Waals surface area (Å²) in [5, 5.41) is 13.5. The van der Waals surface area contributed by atoms with Gasteiger partial charge in [0.25, 0.3) is 0 Å². The van der Waals surface area contributed by atoms with Crippen molar-refractivity contribution in [3.05, 3.63) is 23.2 Å². The van der Waals surface area contributed by atoms with Crippen molar-refractivity contribution in [3.8, 4) is 0 Å². The van der Waals surface area contributed by atoms with Gasteiger partial charge in [-0.25, -0.2) is 0 Å². The highest BCUT2D eigenvalue weighted by atomic mass is 35.5. The van der Waals surface area contributed by atoms with Gasteiger partial charge >= 0.3 is 0 Å². The van der Waals surface area contributed by atoms with E-state index < -0.39 is 0 Å². The molecule has 2 rings (SSSR count). The molecule has 0 aliphatic heterocycles. The number of rotatable bonds is 3. The fourth-order valence-electron chi connectivity index (χ4n) is 2.19. The Morgan fingerprint density at radius 3 is 2.94 bits per heavy atom. The monoisotopic (exact) mass is 240 g/mol. The van der Waals surface area contributed by atoms with Crippen LogP contribution in [0, 0.1) is 5.92 Å². The number of aliphatic hydroxyl groups is 1. The van der Waals surface area contributed by atoms with Gasteiger partial charge in [0.1, 0.15) is 0 Å². The van der Waals surface area contributed by atoms with E-state index in [4.69, 9.17) is 17.3 Å². The van der Waals surface area contributed by atoms with Gasteiger partial charge in [-0.2, -0.15) is 0 Å². The molecule has 0 heterocycles. The fraction of sp³-hybridized carbons (Fsp3) is 0.500. The molecule has 1 aliphatic rings. The first-order valence-corrected chi connectivity index (χ1v) is 6.02. The molecule has 16 heavy (non-hydrogen) atoms. The summed E-state index contributed by atoms with van der Waals surface area (Å²) in [7, 11) is 0. The van der Waals surface area contributed by atoms with Crippen molar-refractivity contribution in [2.45, 2.75) is 25.4 Å². The second-order valence-corrected chi connectivity index (χ2v) is 4.75. The van der Waals surface area contributed by atoms with Crippen molar-refractivity contribution in [2.75, 3.05) is 17.6 Å². The molecule has 1 aromatic carbocycles. The predicted octanol–water partition coefficient (Wildman–Crippen LogP) is 2.50. The molecule has 4 N–H and O–H groups in total. The lowest BCUT2D eigenvalue weighted by atomic mass is 10.1. The molecule has 0 aromatic heterocycles. The number of benzene rings is 1. The molecule has 0 saturated heterocycles. The number of nitrogens with one attached hydrogen (secondary N) is 1. The lowest BCUT2D eigenvalue weighted by Crippen LogP contribution is -2.22. The topological polar surface area (TPSA) is 58.3 Å². The van der Waals surface area contributed by atoms with Crippen LogP contribution in [0.5, 0.6) is 0 Å². The highest BCUT2D eigenvalue weighted by Gasteiger charge is 2.24. The summed E-state index contributed by atoms with van der Waals surface area (Å²) in [4.78, 5) is 0. The van der Waals surface area contributed by atoms with Gasteiger partial charge in [-0.3, -0.25) is 0 Å². The molecule has 1 aromatic rings. The summed E-state index contributed by atoms with van der Waals surface area (Å²) in [5.74, 6) is 0.332. The molecule has 2 unspecified atom stereocenters. The van der Waals surface area contributed by atoms with Crippen molar-refractivity contribution in [1.29, 1.82) is 0 Å². The third kappa shape index (κ3) is 2.42. The van der Waals surface area contributed by atoms with Gasteiger partial charge in [0.05, 0.1) is 22.5 Å². The fourth-order valence-corrected chi connectivity index (χ4v) is 2.36. The number of hydrogen-bond acceptors (Lipinski definition) is 3. The summed E-state index contributed by atoms with van der Waals surface area (Å²) in [6.45, 7) is 0.756. The van der Waals surface area contributed by atoms with E-state index in [2.05, 4.69) is 5.32 Å². The van der Waals surface area contributed by atoms with E-state index in [0.717, 1.165) is 31.5 Å². The summed E-state index contributed by atoms with van der Waals surface area (Å²) >= 11 is 5.92. The van der Waals surface area contributed by atoms with E-state index in [9.17, 15) is 5.11 Å². The Morgan fingerprint density at radius 1 is 1.44 bits per heavy atom. The summed E-state index contributed by atoms with van der Waals surface area (Å²) < 4.78 is 0. The molecule has 0 radical (unpaired) electrons. The number of hydrogen-bond donors (Lipinski definition) is 3. The van der Waals surface area contributed by atoms with E-state index in [1.54, 1.807) is 6.07 Å². The zero-order valence-corrected chi connectivity index (χ0v) is 9.87. The Labute approximate surface area is 101 Å². The van der Waals surface area contributed by atoms with Gasteiger partial charge < -0.3 is 16.2 Å². The Morgan fingerprint density at radius 2 is 2.25 bits per heavy atom. The standard InChI is InChI=1S/C12H17ClN2O/c13-9-4-2-5-10(12(9)14)15-7-8-3-1-6-11(8)16/h2,4-5,8,11,15-16H,1,3,6-7,14H2. The van der Waals surface area contributed by atoms with Crippen LogP contribution in [0.25, 0.3) is 0 Å². The number of nitrogen functional groups attached to an aromatic ring is 1. The van der Waals surface area contributed by atoms with Gasteiger partial charge in [-0.05, 0) is 25.0 Å². The molecule has 0 amide bonds. The van der Waals surface area contributed by atoms with Gasteiger partial charge in [0, 0.05) is 12.5 Å². The minimum atomic E-state index is -0.173. The molecule has 0 bridgehead atoms.